The molecule has 21 heavy (non-hydrogen) atoms. The van der Waals surface area contributed by atoms with E-state index in [0.717, 1.165) is 32.8 Å². The third kappa shape index (κ3) is 2.67. The number of aliphatic carboxylic acids is 1. The standard InChI is InChI=1S/C14H17N3O2S2/c1-6-12(20-8(3)15-6)7(2)16-14-17-11-9(13(18)19)4-5-10(11)21-14/h7,9H,4-5H2,1-3H3,(H,16,17)(H,18,19). The lowest BCUT2D eigenvalue weighted by Crippen LogP contribution is -2.10. The molecular weight excluding hydrogens is 306 g/mol. The molecule has 2 aromatic heterocycles. The molecule has 5 nitrogen and oxygen atoms in total. The van der Waals surface area contributed by atoms with E-state index in [9.17, 15) is 9.90 Å². The molecule has 0 amide bonds. The van der Waals surface area contributed by atoms with Crippen LogP contribution in [0.25, 0.3) is 0 Å². The van der Waals surface area contributed by atoms with Crippen molar-refractivity contribution in [2.24, 2.45) is 0 Å². The highest BCUT2D eigenvalue weighted by molar-refractivity contribution is 7.15. The first-order valence-corrected chi connectivity index (χ1v) is 8.52. The molecule has 112 valence electrons. The summed E-state index contributed by atoms with van der Waals surface area (Å²) in [5.41, 5.74) is 1.80. The van der Waals surface area contributed by atoms with Gasteiger partial charge in [-0.3, -0.25) is 4.79 Å². The number of anilines is 1. The molecule has 2 aromatic rings. The lowest BCUT2D eigenvalue weighted by Gasteiger charge is -2.11. The fourth-order valence-electron chi connectivity index (χ4n) is 2.73. The zero-order valence-corrected chi connectivity index (χ0v) is 13.8. The molecule has 7 heteroatoms. The molecule has 0 saturated carbocycles. The molecule has 0 aromatic carbocycles. The number of carbonyl (C=O) groups is 1. The summed E-state index contributed by atoms with van der Waals surface area (Å²) in [6.45, 7) is 6.10. The first-order chi connectivity index (χ1) is 9.95. The van der Waals surface area contributed by atoms with Crippen molar-refractivity contribution in [3.05, 3.63) is 26.1 Å². The van der Waals surface area contributed by atoms with Gasteiger partial charge in [-0.05, 0) is 33.6 Å². The maximum Gasteiger partial charge on any atom is 0.312 e. The molecule has 2 atom stereocenters. The fraction of sp³-hybridized carbons (Fsp3) is 0.500. The van der Waals surface area contributed by atoms with E-state index in [4.69, 9.17) is 0 Å². The van der Waals surface area contributed by atoms with E-state index in [1.165, 1.54) is 4.88 Å². The van der Waals surface area contributed by atoms with Crippen molar-refractivity contribution in [1.29, 1.82) is 0 Å². The Morgan fingerprint density at radius 3 is 2.76 bits per heavy atom. The normalized spacial score (nSPS) is 18.5. The monoisotopic (exact) mass is 323 g/mol. The van der Waals surface area contributed by atoms with Gasteiger partial charge in [0.25, 0.3) is 0 Å². The van der Waals surface area contributed by atoms with E-state index in [1.807, 2.05) is 13.8 Å². The molecule has 0 saturated heterocycles. The van der Waals surface area contributed by atoms with Crippen LogP contribution < -0.4 is 5.32 Å². The summed E-state index contributed by atoms with van der Waals surface area (Å²) in [5, 5.41) is 14.5. The fourth-order valence-corrected chi connectivity index (χ4v) is 4.78. The van der Waals surface area contributed by atoms with Gasteiger partial charge in [0.15, 0.2) is 5.13 Å². The number of nitrogens with one attached hydrogen (secondary N) is 1. The molecule has 0 radical (unpaired) electrons. The van der Waals surface area contributed by atoms with Gasteiger partial charge in [0, 0.05) is 9.75 Å². The quantitative estimate of drug-likeness (QED) is 0.900. The number of nitrogens with zero attached hydrogens (tertiary/aromatic N) is 2. The minimum Gasteiger partial charge on any atom is -0.481 e. The molecular formula is C14H17N3O2S2. The largest absolute Gasteiger partial charge is 0.481 e. The van der Waals surface area contributed by atoms with Crippen LogP contribution in [0.4, 0.5) is 5.13 Å². The number of rotatable bonds is 4. The molecule has 0 fully saturated rings. The summed E-state index contributed by atoms with van der Waals surface area (Å²) in [6.07, 6.45) is 1.49. The number of aryl methyl sites for hydroxylation is 3. The number of aromatic nitrogens is 2. The van der Waals surface area contributed by atoms with Crippen molar-refractivity contribution in [2.75, 3.05) is 5.32 Å². The van der Waals surface area contributed by atoms with Gasteiger partial charge in [-0.1, -0.05) is 0 Å². The second-order valence-electron chi connectivity index (χ2n) is 5.31. The van der Waals surface area contributed by atoms with Crippen LogP contribution in [0.2, 0.25) is 0 Å². The topological polar surface area (TPSA) is 75.1 Å². The Balaban J connectivity index is 1.79. The third-order valence-electron chi connectivity index (χ3n) is 3.69. The summed E-state index contributed by atoms with van der Waals surface area (Å²) in [4.78, 5) is 22.5. The minimum atomic E-state index is -0.771. The van der Waals surface area contributed by atoms with Crippen molar-refractivity contribution in [3.63, 3.8) is 0 Å². The lowest BCUT2D eigenvalue weighted by molar-refractivity contribution is -0.138. The number of hydrogen-bond donors (Lipinski definition) is 2. The van der Waals surface area contributed by atoms with Crippen molar-refractivity contribution in [3.8, 4) is 0 Å². The van der Waals surface area contributed by atoms with Crippen molar-refractivity contribution in [2.45, 2.75) is 45.6 Å². The zero-order chi connectivity index (χ0) is 15.1. The van der Waals surface area contributed by atoms with Crippen molar-refractivity contribution < 1.29 is 9.90 Å². The van der Waals surface area contributed by atoms with Gasteiger partial charge in [-0.15, -0.1) is 22.7 Å². The molecule has 0 aliphatic heterocycles. The van der Waals surface area contributed by atoms with Crippen LogP contribution in [0.5, 0.6) is 0 Å². The molecule has 2 N–H and O–H groups in total. The van der Waals surface area contributed by atoms with Crippen molar-refractivity contribution in [1.82, 2.24) is 9.97 Å². The Labute approximate surface area is 131 Å². The minimum absolute atomic E-state index is 0.130. The number of carboxylic acid groups (broad SMARTS) is 1. The van der Waals surface area contributed by atoms with Crippen LogP contribution in [-0.4, -0.2) is 21.0 Å². The predicted octanol–water partition coefficient (Wildman–Crippen LogP) is 3.50. The molecule has 2 heterocycles. The van der Waals surface area contributed by atoms with Crippen LogP contribution >= 0.6 is 22.7 Å². The molecule has 1 aliphatic rings. The zero-order valence-electron chi connectivity index (χ0n) is 12.1. The second kappa shape index (κ2) is 5.38. The number of fused-ring (bicyclic) bond motifs is 1. The number of carboxylic acids is 1. The van der Waals surface area contributed by atoms with Gasteiger partial charge in [-0.25, -0.2) is 9.97 Å². The second-order valence-corrected chi connectivity index (χ2v) is 7.62. The molecule has 0 spiro atoms. The van der Waals surface area contributed by atoms with E-state index >= 15 is 0 Å². The van der Waals surface area contributed by atoms with E-state index in [-0.39, 0.29) is 6.04 Å². The summed E-state index contributed by atoms with van der Waals surface area (Å²) >= 11 is 3.26. The van der Waals surface area contributed by atoms with Crippen LogP contribution in [0.15, 0.2) is 0 Å². The molecule has 2 unspecified atom stereocenters. The van der Waals surface area contributed by atoms with Crippen LogP contribution in [0.3, 0.4) is 0 Å². The Kier molecular flexibility index (Phi) is 3.71. The molecule has 0 bridgehead atoms. The maximum absolute atomic E-state index is 11.2. The van der Waals surface area contributed by atoms with Gasteiger partial charge in [0.1, 0.15) is 5.92 Å². The van der Waals surface area contributed by atoms with Crippen LogP contribution in [0, 0.1) is 13.8 Å². The Morgan fingerprint density at radius 1 is 1.38 bits per heavy atom. The summed E-state index contributed by atoms with van der Waals surface area (Å²) in [6, 6.07) is 0.130. The number of hydrogen-bond acceptors (Lipinski definition) is 6. The lowest BCUT2D eigenvalue weighted by atomic mass is 10.1. The predicted molar refractivity (Wildman–Crippen MR) is 84.4 cm³/mol. The van der Waals surface area contributed by atoms with Gasteiger partial charge in [0.05, 0.1) is 22.4 Å². The highest BCUT2D eigenvalue weighted by atomic mass is 32.1. The van der Waals surface area contributed by atoms with Gasteiger partial charge >= 0.3 is 5.97 Å². The first-order valence-electron chi connectivity index (χ1n) is 6.88. The Hall–Kier alpha value is -1.47. The Morgan fingerprint density at radius 2 is 2.14 bits per heavy atom. The van der Waals surface area contributed by atoms with Crippen LogP contribution in [0.1, 0.15) is 51.5 Å². The van der Waals surface area contributed by atoms with Crippen molar-refractivity contribution >= 4 is 33.8 Å². The Bertz CT molecular complexity index is 692. The SMILES string of the molecule is Cc1nc(C)c(C(C)Nc2nc3c(s2)CCC3C(=O)O)s1. The summed E-state index contributed by atoms with van der Waals surface area (Å²) in [5.74, 6) is -1.21. The van der Waals surface area contributed by atoms with Gasteiger partial charge < -0.3 is 10.4 Å². The van der Waals surface area contributed by atoms with Gasteiger partial charge in [0.2, 0.25) is 0 Å². The van der Waals surface area contributed by atoms with E-state index in [0.29, 0.717) is 6.42 Å². The summed E-state index contributed by atoms with van der Waals surface area (Å²) in [7, 11) is 0. The average molecular weight is 323 g/mol. The van der Waals surface area contributed by atoms with E-state index in [2.05, 4.69) is 22.2 Å². The average Bonchev–Trinajstić information content (AvgIpc) is 3.02. The molecule has 1 aliphatic carbocycles. The molecule has 3 rings (SSSR count). The number of thiazole rings is 2. The first kappa shape index (κ1) is 14.5. The highest BCUT2D eigenvalue weighted by Crippen LogP contribution is 2.39. The smallest absolute Gasteiger partial charge is 0.312 e. The summed E-state index contributed by atoms with van der Waals surface area (Å²) < 4.78 is 0. The van der Waals surface area contributed by atoms with Crippen LogP contribution in [-0.2, 0) is 11.2 Å². The van der Waals surface area contributed by atoms with Gasteiger partial charge in [-0.2, -0.15) is 0 Å². The highest BCUT2D eigenvalue weighted by Gasteiger charge is 2.32. The van der Waals surface area contributed by atoms with E-state index in [1.54, 1.807) is 22.7 Å². The van der Waals surface area contributed by atoms with E-state index < -0.39 is 11.9 Å². The third-order valence-corrected chi connectivity index (χ3v) is 6.01. The maximum atomic E-state index is 11.2.